The molecule has 23 heavy (non-hydrogen) atoms. The van der Waals surface area contributed by atoms with Gasteiger partial charge in [0.1, 0.15) is 11.5 Å². The van der Waals surface area contributed by atoms with E-state index in [4.69, 9.17) is 18.9 Å². The van der Waals surface area contributed by atoms with Gasteiger partial charge in [0.15, 0.2) is 20.4 Å². The van der Waals surface area contributed by atoms with Gasteiger partial charge in [-0.05, 0) is 36.1 Å². The zero-order chi connectivity index (χ0) is 16.3. The number of rotatable bonds is 10. The van der Waals surface area contributed by atoms with Crippen LogP contribution in [-0.2, 0) is 22.3 Å². The molecule has 0 radical (unpaired) electrons. The third-order valence-corrected chi connectivity index (χ3v) is 3.47. The lowest BCUT2D eigenvalue weighted by atomic mass is 10.1. The number of ether oxygens (including phenoxy) is 4. The molecule has 0 unspecified atom stereocenters. The van der Waals surface area contributed by atoms with Crippen molar-refractivity contribution in [2.75, 3.05) is 20.4 Å². The predicted molar refractivity (Wildman–Crippen MR) is 89.7 cm³/mol. The van der Waals surface area contributed by atoms with E-state index in [2.05, 4.69) is 13.8 Å². The average Bonchev–Trinajstić information content (AvgIpc) is 2.61. The van der Waals surface area contributed by atoms with Gasteiger partial charge in [0.25, 0.3) is 0 Å². The maximum Gasteiger partial charge on any atom is 0.191 e. The summed E-state index contributed by atoms with van der Waals surface area (Å²) in [5, 5.41) is 0. The molecule has 0 aliphatic carbocycles. The zero-order valence-corrected chi connectivity index (χ0v) is 13.8. The molecule has 0 atom stereocenters. The fourth-order valence-electron chi connectivity index (χ4n) is 2.21. The summed E-state index contributed by atoms with van der Waals surface area (Å²) in [7, 11) is 0. The first-order valence-corrected chi connectivity index (χ1v) is 7.92. The van der Waals surface area contributed by atoms with Crippen molar-refractivity contribution in [1.29, 1.82) is 0 Å². The molecular formula is C19H24O4. The third kappa shape index (κ3) is 5.58. The largest absolute Gasteiger partial charge is 0.467 e. The topological polar surface area (TPSA) is 36.9 Å². The van der Waals surface area contributed by atoms with E-state index in [0.717, 1.165) is 35.5 Å². The summed E-state index contributed by atoms with van der Waals surface area (Å²) in [6, 6.07) is 15.9. The molecule has 0 bridgehead atoms. The van der Waals surface area contributed by atoms with Crippen LogP contribution in [0.3, 0.4) is 0 Å². The molecule has 0 N–H and O–H groups in total. The standard InChI is InChI=1S/C19H24O4/c1-3-16-9-5-7-11-18(16)22-14-20-13-21-15-23-19-12-8-6-10-17(19)4-2/h5-12H,3-4,13-15H2,1-2H3. The minimum Gasteiger partial charge on any atom is -0.467 e. The van der Waals surface area contributed by atoms with Crippen molar-refractivity contribution in [2.45, 2.75) is 26.7 Å². The van der Waals surface area contributed by atoms with Gasteiger partial charge in [0, 0.05) is 0 Å². The van der Waals surface area contributed by atoms with E-state index in [-0.39, 0.29) is 20.4 Å². The molecule has 0 saturated carbocycles. The van der Waals surface area contributed by atoms with Gasteiger partial charge < -0.3 is 18.9 Å². The Morgan fingerprint density at radius 2 is 1.04 bits per heavy atom. The molecule has 0 spiro atoms. The smallest absolute Gasteiger partial charge is 0.191 e. The summed E-state index contributed by atoms with van der Waals surface area (Å²) in [5.74, 6) is 1.70. The minimum absolute atomic E-state index is 0.128. The molecule has 0 aromatic heterocycles. The van der Waals surface area contributed by atoms with Crippen molar-refractivity contribution in [3.63, 3.8) is 0 Å². The second-order valence-corrected chi connectivity index (χ2v) is 4.97. The summed E-state index contributed by atoms with van der Waals surface area (Å²) in [6.07, 6.45) is 1.86. The van der Waals surface area contributed by atoms with Crippen molar-refractivity contribution in [2.24, 2.45) is 0 Å². The molecule has 4 nitrogen and oxygen atoms in total. The zero-order valence-electron chi connectivity index (χ0n) is 13.8. The van der Waals surface area contributed by atoms with Crippen LogP contribution in [0.2, 0.25) is 0 Å². The van der Waals surface area contributed by atoms with E-state index < -0.39 is 0 Å². The van der Waals surface area contributed by atoms with E-state index in [0.29, 0.717) is 0 Å². The van der Waals surface area contributed by atoms with Crippen molar-refractivity contribution in [3.8, 4) is 11.5 Å². The third-order valence-electron chi connectivity index (χ3n) is 3.47. The van der Waals surface area contributed by atoms with E-state index in [1.165, 1.54) is 0 Å². The van der Waals surface area contributed by atoms with Crippen LogP contribution in [-0.4, -0.2) is 20.4 Å². The second-order valence-electron chi connectivity index (χ2n) is 4.97. The Balaban J connectivity index is 1.61. The maximum absolute atomic E-state index is 5.59. The average molecular weight is 316 g/mol. The Bertz CT molecular complexity index is 532. The highest BCUT2D eigenvalue weighted by Crippen LogP contribution is 2.19. The van der Waals surface area contributed by atoms with Crippen LogP contribution in [0.25, 0.3) is 0 Å². The van der Waals surface area contributed by atoms with Gasteiger partial charge in [-0.2, -0.15) is 0 Å². The molecule has 4 heteroatoms. The van der Waals surface area contributed by atoms with Gasteiger partial charge >= 0.3 is 0 Å². The van der Waals surface area contributed by atoms with Gasteiger partial charge in [0.05, 0.1) is 0 Å². The second kappa shape index (κ2) is 9.87. The van der Waals surface area contributed by atoms with Gasteiger partial charge in [-0.1, -0.05) is 50.2 Å². The van der Waals surface area contributed by atoms with E-state index in [1.807, 2.05) is 48.5 Å². The van der Waals surface area contributed by atoms with E-state index >= 15 is 0 Å². The highest BCUT2D eigenvalue weighted by atomic mass is 16.8. The highest BCUT2D eigenvalue weighted by Gasteiger charge is 2.01. The molecule has 0 aliphatic heterocycles. The summed E-state index contributed by atoms with van der Waals surface area (Å²) in [6.45, 7) is 4.63. The number of hydrogen-bond donors (Lipinski definition) is 0. The van der Waals surface area contributed by atoms with Crippen LogP contribution in [0.4, 0.5) is 0 Å². The summed E-state index contributed by atoms with van der Waals surface area (Å²) in [5.41, 5.74) is 2.33. The first-order valence-electron chi connectivity index (χ1n) is 7.92. The van der Waals surface area contributed by atoms with E-state index in [1.54, 1.807) is 0 Å². The lowest BCUT2D eigenvalue weighted by molar-refractivity contribution is -0.130. The molecule has 0 aliphatic rings. The molecule has 2 aromatic rings. The SMILES string of the molecule is CCc1ccccc1OCOCOCOc1ccccc1CC. The maximum atomic E-state index is 5.59. The lowest BCUT2D eigenvalue weighted by Crippen LogP contribution is -2.11. The van der Waals surface area contributed by atoms with Gasteiger partial charge in [-0.25, -0.2) is 0 Å². The molecule has 0 amide bonds. The molecule has 0 saturated heterocycles. The number of para-hydroxylation sites is 2. The minimum atomic E-state index is 0.128. The van der Waals surface area contributed by atoms with Crippen LogP contribution >= 0.6 is 0 Å². The quantitative estimate of drug-likeness (QED) is 0.487. The Hall–Kier alpha value is -2.04. The fourth-order valence-corrected chi connectivity index (χ4v) is 2.21. The van der Waals surface area contributed by atoms with Crippen LogP contribution in [0.1, 0.15) is 25.0 Å². The van der Waals surface area contributed by atoms with Gasteiger partial charge in [0.2, 0.25) is 0 Å². The van der Waals surface area contributed by atoms with Crippen molar-refractivity contribution in [1.82, 2.24) is 0 Å². The van der Waals surface area contributed by atoms with Crippen LogP contribution in [0, 0.1) is 0 Å². The first kappa shape index (κ1) is 17.3. The Labute approximate surface area is 137 Å². The van der Waals surface area contributed by atoms with Crippen molar-refractivity contribution < 1.29 is 18.9 Å². The summed E-state index contributed by atoms with van der Waals surface area (Å²) < 4.78 is 21.8. The summed E-state index contributed by atoms with van der Waals surface area (Å²) in [4.78, 5) is 0. The normalized spacial score (nSPS) is 10.5. The monoisotopic (exact) mass is 316 g/mol. The lowest BCUT2D eigenvalue weighted by Gasteiger charge is -2.12. The molecule has 124 valence electrons. The Kier molecular flexibility index (Phi) is 7.43. The Morgan fingerprint density at radius 1 is 0.609 bits per heavy atom. The predicted octanol–water partition coefficient (Wildman–Crippen LogP) is 4.17. The Morgan fingerprint density at radius 3 is 1.48 bits per heavy atom. The molecule has 0 fully saturated rings. The van der Waals surface area contributed by atoms with Gasteiger partial charge in [-0.3, -0.25) is 0 Å². The summed E-state index contributed by atoms with van der Waals surface area (Å²) >= 11 is 0. The van der Waals surface area contributed by atoms with Gasteiger partial charge in [-0.15, -0.1) is 0 Å². The fraction of sp³-hybridized carbons (Fsp3) is 0.368. The van der Waals surface area contributed by atoms with Crippen molar-refractivity contribution in [3.05, 3.63) is 59.7 Å². The molecular weight excluding hydrogens is 292 g/mol. The molecule has 2 aromatic carbocycles. The number of benzene rings is 2. The molecule has 0 heterocycles. The molecule has 2 rings (SSSR count). The number of aryl methyl sites for hydroxylation is 2. The first-order chi connectivity index (χ1) is 11.3. The number of hydrogen-bond acceptors (Lipinski definition) is 4. The van der Waals surface area contributed by atoms with Crippen molar-refractivity contribution >= 4 is 0 Å². The van der Waals surface area contributed by atoms with Crippen LogP contribution in [0.5, 0.6) is 11.5 Å². The van der Waals surface area contributed by atoms with Crippen LogP contribution < -0.4 is 9.47 Å². The van der Waals surface area contributed by atoms with E-state index in [9.17, 15) is 0 Å². The highest BCUT2D eigenvalue weighted by molar-refractivity contribution is 5.33. The van der Waals surface area contributed by atoms with Crippen LogP contribution in [0.15, 0.2) is 48.5 Å².